The van der Waals surface area contributed by atoms with Crippen LogP contribution in [0.25, 0.3) is 0 Å². The zero-order valence-electron chi connectivity index (χ0n) is 20.4. The third kappa shape index (κ3) is 6.83. The summed E-state index contributed by atoms with van der Waals surface area (Å²) in [5.41, 5.74) is 0. The van der Waals surface area contributed by atoms with Gasteiger partial charge in [-0.25, -0.2) is 12.1 Å². The van der Waals surface area contributed by atoms with Gasteiger partial charge in [-0.3, -0.25) is 0 Å². The second-order valence-corrected chi connectivity index (χ2v) is 12.6. The van der Waals surface area contributed by atoms with Crippen LogP contribution in [-0.2, 0) is 16.5 Å². The van der Waals surface area contributed by atoms with E-state index >= 15 is 0 Å². The summed E-state index contributed by atoms with van der Waals surface area (Å²) < 4.78 is 0. The summed E-state index contributed by atoms with van der Waals surface area (Å²) in [7, 11) is -1.25. The molecule has 3 heteroatoms. The fourth-order valence-electron chi connectivity index (χ4n) is 4.26. The van der Waals surface area contributed by atoms with Crippen molar-refractivity contribution in [1.82, 2.24) is 0 Å². The quantitative estimate of drug-likeness (QED) is 0.128. The molecule has 37 heavy (non-hydrogen) atoms. The third-order valence-electron chi connectivity index (χ3n) is 5.87. The minimum absolute atomic E-state index is 0. The molecule has 0 fully saturated rings. The molecule has 0 heterocycles. The van der Waals surface area contributed by atoms with E-state index in [1.54, 1.807) is 0 Å². The van der Waals surface area contributed by atoms with Gasteiger partial charge in [0.15, 0.2) is 0 Å². The largest absolute Gasteiger partial charge is 0.748 e. The standard InChI is InChI=1S/C29H23P2.C5H5.Ni/c1-5-14-24(15-6-1)30(25-16-7-2-8-17-25)28-22-13-23-29(28)31(26-18-9-3-10-19-26)27-20-11-4-12-21-27;1-2-4-5-3-1;/h1-23H;1-5H;/q-1;-5;. The average molecular weight is 557 g/mol. The Bertz CT molecular complexity index is 1220. The Morgan fingerprint density at radius 3 is 1.14 bits per heavy atom. The molecule has 0 aromatic heterocycles. The van der Waals surface area contributed by atoms with E-state index in [0.717, 1.165) is 0 Å². The molecular weight excluding hydrogens is 529 g/mol. The van der Waals surface area contributed by atoms with E-state index in [1.165, 1.54) is 31.8 Å². The van der Waals surface area contributed by atoms with E-state index in [4.69, 9.17) is 0 Å². The fraction of sp³-hybridized carbons (Fsp3) is 0. The fourth-order valence-corrected chi connectivity index (χ4v) is 9.53. The molecule has 0 saturated heterocycles. The van der Waals surface area contributed by atoms with Crippen molar-refractivity contribution in [3.05, 3.63) is 170 Å². The maximum atomic E-state index is 2.35. The monoisotopic (exact) mass is 556 g/mol. The van der Waals surface area contributed by atoms with Crippen LogP contribution in [0.1, 0.15) is 0 Å². The molecule has 6 aromatic rings. The van der Waals surface area contributed by atoms with Gasteiger partial charge in [-0.05, 0) is 29.1 Å². The van der Waals surface area contributed by atoms with Crippen LogP contribution in [0.4, 0.5) is 0 Å². The van der Waals surface area contributed by atoms with Gasteiger partial charge >= 0.3 is 0 Å². The van der Waals surface area contributed by atoms with Crippen molar-refractivity contribution in [2.45, 2.75) is 0 Å². The van der Waals surface area contributed by atoms with Crippen molar-refractivity contribution >= 4 is 47.7 Å². The van der Waals surface area contributed by atoms with Crippen molar-refractivity contribution in [3.8, 4) is 0 Å². The minimum atomic E-state index is -0.627. The summed E-state index contributed by atoms with van der Waals surface area (Å²) in [5.74, 6) is 0. The van der Waals surface area contributed by atoms with E-state index in [9.17, 15) is 0 Å². The first-order valence-electron chi connectivity index (χ1n) is 12.1. The Kier molecular flexibility index (Phi) is 10.2. The zero-order valence-corrected chi connectivity index (χ0v) is 23.2. The Morgan fingerprint density at radius 1 is 0.405 bits per heavy atom. The van der Waals surface area contributed by atoms with Crippen molar-refractivity contribution < 1.29 is 16.5 Å². The maximum absolute atomic E-state index is 2.35. The normalized spacial score (nSPS) is 10.4. The molecule has 0 aliphatic heterocycles. The van der Waals surface area contributed by atoms with Gasteiger partial charge in [-0.1, -0.05) is 129 Å². The van der Waals surface area contributed by atoms with E-state index < -0.39 is 15.8 Å². The maximum Gasteiger partial charge on any atom is 0 e. The molecule has 0 bridgehead atoms. The molecule has 0 saturated carbocycles. The molecule has 0 amide bonds. The van der Waals surface area contributed by atoms with Crippen molar-refractivity contribution in [2.24, 2.45) is 0 Å². The van der Waals surface area contributed by atoms with E-state index in [0.29, 0.717) is 0 Å². The molecule has 6 rings (SSSR count). The van der Waals surface area contributed by atoms with Gasteiger partial charge in [0, 0.05) is 16.5 Å². The third-order valence-corrected chi connectivity index (χ3v) is 11.0. The molecule has 0 aliphatic carbocycles. The number of hydrogen-bond acceptors (Lipinski definition) is 0. The molecule has 0 unspecified atom stereocenters. The van der Waals surface area contributed by atoms with Crippen molar-refractivity contribution in [2.75, 3.05) is 0 Å². The molecule has 0 spiro atoms. The summed E-state index contributed by atoms with van der Waals surface area (Å²) in [4.78, 5) is 0. The zero-order chi connectivity index (χ0) is 24.4. The van der Waals surface area contributed by atoms with Crippen LogP contribution in [0.5, 0.6) is 0 Å². The molecular formula is C34H28NiP2-6. The van der Waals surface area contributed by atoms with Gasteiger partial charge in [-0.2, -0.15) is 6.07 Å². The first-order valence-corrected chi connectivity index (χ1v) is 14.8. The molecule has 0 nitrogen and oxygen atoms in total. The predicted octanol–water partition coefficient (Wildman–Crippen LogP) is 6.32. The summed E-state index contributed by atoms with van der Waals surface area (Å²) in [6.07, 6.45) is 0. The van der Waals surface area contributed by atoms with Crippen LogP contribution in [0.2, 0.25) is 0 Å². The average Bonchev–Trinajstić information content (AvgIpc) is 3.68. The van der Waals surface area contributed by atoms with Gasteiger partial charge in [0.2, 0.25) is 0 Å². The predicted molar refractivity (Wildman–Crippen MR) is 161 cm³/mol. The van der Waals surface area contributed by atoms with Gasteiger partial charge in [0.05, 0.1) is 0 Å². The topological polar surface area (TPSA) is 0 Å². The van der Waals surface area contributed by atoms with E-state index in [1.807, 2.05) is 30.3 Å². The van der Waals surface area contributed by atoms with Crippen LogP contribution in [-0.4, -0.2) is 0 Å². The molecule has 0 aliphatic rings. The molecule has 0 atom stereocenters. The first-order chi connectivity index (χ1) is 17.9. The van der Waals surface area contributed by atoms with Crippen LogP contribution in [0.15, 0.2) is 170 Å². The molecule has 0 radical (unpaired) electrons. The van der Waals surface area contributed by atoms with E-state index in [2.05, 4.69) is 140 Å². The van der Waals surface area contributed by atoms with Gasteiger partial charge < -0.3 is 30.3 Å². The molecule has 6 aromatic carbocycles. The SMILES string of the molecule is [Ni].[cH-]1[cH-][cH-][cH-][cH-]1.c1ccc(P(c2ccccc2)c2ccc[c-]2P(c2ccccc2)c2ccccc2)cc1. The number of hydrogen-bond donors (Lipinski definition) is 0. The van der Waals surface area contributed by atoms with E-state index in [-0.39, 0.29) is 16.5 Å². The Labute approximate surface area is 233 Å². The van der Waals surface area contributed by atoms with Crippen molar-refractivity contribution in [3.63, 3.8) is 0 Å². The summed E-state index contributed by atoms with van der Waals surface area (Å²) >= 11 is 0. The van der Waals surface area contributed by atoms with Crippen LogP contribution in [0, 0.1) is 0 Å². The summed E-state index contributed by atoms with van der Waals surface area (Å²) in [5, 5.41) is 8.51. The second kappa shape index (κ2) is 14.0. The van der Waals surface area contributed by atoms with Gasteiger partial charge in [-0.15, -0.1) is 10.6 Å². The van der Waals surface area contributed by atoms with Crippen LogP contribution in [0.3, 0.4) is 0 Å². The molecule has 0 N–H and O–H groups in total. The van der Waals surface area contributed by atoms with Crippen LogP contribution >= 0.6 is 15.8 Å². The Balaban J connectivity index is 0.000000479. The van der Waals surface area contributed by atoms with Gasteiger partial charge in [0.1, 0.15) is 0 Å². The number of rotatable bonds is 6. The summed E-state index contributed by atoms with van der Waals surface area (Å²) in [6.45, 7) is 0. The minimum Gasteiger partial charge on any atom is -0.748 e. The number of benzene rings is 4. The smallest absolute Gasteiger partial charge is 0 e. The Morgan fingerprint density at radius 2 is 0.757 bits per heavy atom. The van der Waals surface area contributed by atoms with Gasteiger partial charge in [0.25, 0.3) is 0 Å². The van der Waals surface area contributed by atoms with Crippen LogP contribution < -0.4 is 31.8 Å². The first kappa shape index (κ1) is 27.0. The van der Waals surface area contributed by atoms with Crippen molar-refractivity contribution in [1.29, 1.82) is 0 Å². The molecule has 190 valence electrons. The second-order valence-electron chi connectivity index (χ2n) is 8.27. The Hall–Kier alpha value is -3.07. The summed E-state index contributed by atoms with van der Waals surface area (Å²) in [6, 6.07) is 60.9.